The molecule has 0 fully saturated rings. The number of hydrogen-bond acceptors (Lipinski definition) is 4. The van der Waals surface area contributed by atoms with Gasteiger partial charge in [0.2, 0.25) is 5.89 Å². The molecule has 0 bridgehead atoms. The average Bonchev–Trinajstić information content (AvgIpc) is 3.57. The molecule has 4 heteroatoms. The number of para-hydroxylation sites is 2. The molecule has 8 aromatic rings. The first kappa shape index (κ1) is 26.5. The number of oxazole rings is 1. The summed E-state index contributed by atoms with van der Waals surface area (Å²) in [5.74, 6) is 1.25. The van der Waals surface area contributed by atoms with Crippen LogP contribution in [0.25, 0.3) is 78.7 Å². The minimum atomic E-state index is 0.593. The lowest BCUT2D eigenvalue weighted by atomic mass is 10.0. The van der Waals surface area contributed by atoms with Gasteiger partial charge in [-0.3, -0.25) is 0 Å². The zero-order valence-corrected chi connectivity index (χ0v) is 24.3. The van der Waals surface area contributed by atoms with E-state index in [1.807, 2.05) is 60.7 Å². The summed E-state index contributed by atoms with van der Waals surface area (Å²) >= 11 is 0. The molecule has 0 N–H and O–H groups in total. The number of nitrogens with zero attached hydrogens (tertiary/aromatic N) is 3. The smallest absolute Gasteiger partial charge is 0.227 e. The highest BCUT2D eigenvalue weighted by Crippen LogP contribution is 2.32. The van der Waals surface area contributed by atoms with E-state index in [9.17, 15) is 0 Å². The van der Waals surface area contributed by atoms with Crippen LogP contribution in [0.1, 0.15) is 0 Å². The minimum Gasteiger partial charge on any atom is -0.436 e. The van der Waals surface area contributed by atoms with Crippen molar-refractivity contribution >= 4 is 11.1 Å². The molecule has 0 radical (unpaired) electrons. The fourth-order valence-corrected chi connectivity index (χ4v) is 5.56. The number of benzene rings is 6. The van der Waals surface area contributed by atoms with Gasteiger partial charge in [-0.05, 0) is 52.6 Å². The average molecular weight is 578 g/mol. The molecule has 4 nitrogen and oxygen atoms in total. The van der Waals surface area contributed by atoms with E-state index in [0.29, 0.717) is 11.7 Å². The summed E-state index contributed by atoms with van der Waals surface area (Å²) in [6.45, 7) is 0. The summed E-state index contributed by atoms with van der Waals surface area (Å²) in [4.78, 5) is 14.8. The Labute approximate surface area is 261 Å². The van der Waals surface area contributed by atoms with E-state index in [2.05, 4.69) is 108 Å². The molecular formula is C41H27N3O. The lowest BCUT2D eigenvalue weighted by molar-refractivity contribution is 0.620. The third kappa shape index (κ3) is 5.41. The van der Waals surface area contributed by atoms with Gasteiger partial charge in [-0.2, -0.15) is 0 Å². The van der Waals surface area contributed by atoms with Crippen LogP contribution in [0.5, 0.6) is 0 Å². The van der Waals surface area contributed by atoms with E-state index >= 15 is 0 Å². The molecule has 45 heavy (non-hydrogen) atoms. The lowest BCUT2D eigenvalue weighted by Gasteiger charge is -2.11. The predicted molar refractivity (Wildman–Crippen MR) is 182 cm³/mol. The zero-order valence-electron chi connectivity index (χ0n) is 24.3. The number of hydrogen-bond donors (Lipinski definition) is 0. The number of aromatic nitrogens is 3. The standard InChI is InChI=1S/C41H27N3O/c1-3-9-28(10-4-1)30-15-19-32(20-16-30)37-27-38(33-21-17-31(18-22-33)29-11-5-2-6-12-29)43-40(42-37)34-23-25-35(26-24-34)41-44-36-13-7-8-14-39(36)45-41/h1-27H. The van der Waals surface area contributed by atoms with Crippen molar-refractivity contribution in [3.63, 3.8) is 0 Å². The second-order valence-corrected chi connectivity index (χ2v) is 10.9. The van der Waals surface area contributed by atoms with E-state index < -0.39 is 0 Å². The highest BCUT2D eigenvalue weighted by atomic mass is 16.3. The molecular weight excluding hydrogens is 550 g/mol. The van der Waals surface area contributed by atoms with Gasteiger partial charge in [-0.25, -0.2) is 15.0 Å². The maximum absolute atomic E-state index is 5.99. The van der Waals surface area contributed by atoms with Gasteiger partial charge in [0.1, 0.15) is 5.52 Å². The number of fused-ring (bicyclic) bond motifs is 1. The minimum absolute atomic E-state index is 0.593. The van der Waals surface area contributed by atoms with Crippen molar-refractivity contribution in [3.8, 4) is 67.6 Å². The maximum Gasteiger partial charge on any atom is 0.227 e. The Morgan fingerprint density at radius 1 is 0.333 bits per heavy atom. The van der Waals surface area contributed by atoms with Crippen LogP contribution >= 0.6 is 0 Å². The molecule has 0 aliphatic carbocycles. The molecule has 2 heterocycles. The van der Waals surface area contributed by atoms with Gasteiger partial charge in [0, 0.05) is 22.3 Å². The van der Waals surface area contributed by atoms with E-state index in [1.54, 1.807) is 0 Å². The lowest BCUT2D eigenvalue weighted by Crippen LogP contribution is -1.96. The Kier molecular flexibility index (Phi) is 6.78. The molecule has 6 aromatic carbocycles. The van der Waals surface area contributed by atoms with Gasteiger partial charge in [0.25, 0.3) is 0 Å². The van der Waals surface area contributed by atoms with Crippen LogP contribution in [0.15, 0.2) is 168 Å². The summed E-state index contributed by atoms with van der Waals surface area (Å²) < 4.78 is 5.99. The van der Waals surface area contributed by atoms with Crippen molar-refractivity contribution < 1.29 is 4.42 Å². The first-order chi connectivity index (χ1) is 22.3. The molecule has 0 unspecified atom stereocenters. The highest BCUT2D eigenvalue weighted by molar-refractivity contribution is 5.78. The second-order valence-electron chi connectivity index (χ2n) is 10.9. The third-order valence-corrected chi connectivity index (χ3v) is 7.99. The molecule has 212 valence electrons. The van der Waals surface area contributed by atoms with Gasteiger partial charge in [0.15, 0.2) is 11.4 Å². The Bertz CT molecular complexity index is 2090. The van der Waals surface area contributed by atoms with Crippen molar-refractivity contribution in [2.45, 2.75) is 0 Å². The van der Waals surface area contributed by atoms with Crippen LogP contribution in [0.2, 0.25) is 0 Å². The van der Waals surface area contributed by atoms with Crippen molar-refractivity contribution in [1.82, 2.24) is 15.0 Å². The summed E-state index contributed by atoms with van der Waals surface area (Å²) in [5.41, 5.74) is 11.9. The Morgan fingerprint density at radius 2 is 0.756 bits per heavy atom. The normalized spacial score (nSPS) is 11.1. The molecule has 2 aromatic heterocycles. The Hall–Kier alpha value is -6.13. The summed E-state index contributed by atoms with van der Waals surface area (Å²) in [7, 11) is 0. The van der Waals surface area contributed by atoms with Gasteiger partial charge in [-0.15, -0.1) is 0 Å². The van der Waals surface area contributed by atoms with E-state index in [1.165, 1.54) is 22.3 Å². The van der Waals surface area contributed by atoms with Crippen molar-refractivity contribution in [2.24, 2.45) is 0 Å². The van der Waals surface area contributed by atoms with E-state index in [0.717, 1.165) is 44.7 Å². The van der Waals surface area contributed by atoms with Gasteiger partial charge < -0.3 is 4.42 Å². The molecule has 0 atom stereocenters. The van der Waals surface area contributed by atoms with E-state index in [-0.39, 0.29) is 0 Å². The quantitative estimate of drug-likeness (QED) is 0.197. The number of rotatable bonds is 6. The predicted octanol–water partition coefficient (Wildman–Crippen LogP) is 10.6. The summed E-state index contributed by atoms with van der Waals surface area (Å²) in [5, 5.41) is 0. The molecule has 0 spiro atoms. The monoisotopic (exact) mass is 577 g/mol. The molecule has 8 rings (SSSR count). The fourth-order valence-electron chi connectivity index (χ4n) is 5.56. The fraction of sp³-hybridized carbons (Fsp3) is 0. The van der Waals surface area contributed by atoms with Crippen LogP contribution in [0, 0.1) is 0 Å². The largest absolute Gasteiger partial charge is 0.436 e. The molecule has 0 saturated heterocycles. The van der Waals surface area contributed by atoms with Crippen LogP contribution < -0.4 is 0 Å². The summed E-state index contributed by atoms with van der Waals surface area (Å²) in [6, 6.07) is 55.9. The highest BCUT2D eigenvalue weighted by Gasteiger charge is 2.13. The Morgan fingerprint density at radius 3 is 1.29 bits per heavy atom. The van der Waals surface area contributed by atoms with Crippen molar-refractivity contribution in [2.75, 3.05) is 0 Å². The third-order valence-electron chi connectivity index (χ3n) is 7.99. The van der Waals surface area contributed by atoms with Crippen LogP contribution in [-0.2, 0) is 0 Å². The molecule has 0 aliphatic rings. The second kappa shape index (κ2) is 11.5. The van der Waals surface area contributed by atoms with Crippen LogP contribution in [-0.4, -0.2) is 15.0 Å². The first-order valence-corrected chi connectivity index (χ1v) is 14.9. The van der Waals surface area contributed by atoms with Crippen LogP contribution in [0.4, 0.5) is 0 Å². The SMILES string of the molecule is c1ccc(-c2ccc(-c3cc(-c4ccc(-c5ccccc5)cc4)nc(-c4ccc(-c5nc6ccccc6o5)cc4)n3)cc2)cc1. The Balaban J connectivity index is 1.18. The van der Waals surface area contributed by atoms with Gasteiger partial charge in [-0.1, -0.05) is 133 Å². The van der Waals surface area contributed by atoms with Crippen molar-refractivity contribution in [1.29, 1.82) is 0 Å². The van der Waals surface area contributed by atoms with Crippen molar-refractivity contribution in [3.05, 3.63) is 164 Å². The molecule has 0 saturated carbocycles. The van der Waals surface area contributed by atoms with Gasteiger partial charge >= 0.3 is 0 Å². The zero-order chi connectivity index (χ0) is 30.0. The maximum atomic E-state index is 5.99. The topological polar surface area (TPSA) is 51.8 Å². The molecule has 0 amide bonds. The summed E-state index contributed by atoms with van der Waals surface area (Å²) in [6.07, 6.45) is 0. The van der Waals surface area contributed by atoms with E-state index in [4.69, 9.17) is 14.4 Å². The first-order valence-electron chi connectivity index (χ1n) is 14.9. The molecule has 0 aliphatic heterocycles. The van der Waals surface area contributed by atoms with Gasteiger partial charge in [0.05, 0.1) is 11.4 Å². The van der Waals surface area contributed by atoms with Crippen LogP contribution in [0.3, 0.4) is 0 Å².